The third-order valence-corrected chi connectivity index (χ3v) is 8.15. The normalized spacial score (nSPS) is 13.5. The van der Waals surface area contributed by atoms with Crippen molar-refractivity contribution in [2.45, 2.75) is 62.7 Å². The van der Waals surface area contributed by atoms with Crippen molar-refractivity contribution in [3.8, 4) is 0 Å². The van der Waals surface area contributed by atoms with Gasteiger partial charge in [0.15, 0.2) is 0 Å². The molecule has 41 heavy (non-hydrogen) atoms. The van der Waals surface area contributed by atoms with Crippen molar-refractivity contribution in [1.29, 1.82) is 0 Å². The summed E-state index contributed by atoms with van der Waals surface area (Å²) in [4.78, 5) is 13.0. The fourth-order valence-corrected chi connectivity index (χ4v) is 5.69. The van der Waals surface area contributed by atoms with Crippen LogP contribution < -0.4 is 15.4 Å². The zero-order chi connectivity index (χ0) is 30.2. The van der Waals surface area contributed by atoms with Crippen molar-refractivity contribution >= 4 is 15.9 Å². The molecule has 11 heteroatoms. The van der Waals surface area contributed by atoms with E-state index in [9.17, 15) is 32.2 Å². The summed E-state index contributed by atoms with van der Waals surface area (Å²) in [6.45, 7) is 5.15. The lowest BCUT2D eigenvalue weighted by Gasteiger charge is -2.25. The van der Waals surface area contributed by atoms with E-state index in [4.69, 9.17) is 0 Å². The van der Waals surface area contributed by atoms with Gasteiger partial charge in [0.25, 0.3) is 5.91 Å². The Morgan fingerprint density at radius 1 is 0.951 bits per heavy atom. The fraction of sp³-hybridized carbons (Fsp3) is 0.367. The van der Waals surface area contributed by atoms with Crippen LogP contribution in [-0.4, -0.2) is 55.4 Å². The molecule has 0 unspecified atom stereocenters. The highest BCUT2D eigenvalue weighted by Crippen LogP contribution is 2.17. The molecule has 2 atom stereocenters. The van der Waals surface area contributed by atoms with Crippen LogP contribution in [0.15, 0.2) is 71.6 Å². The first-order valence-electron chi connectivity index (χ1n) is 13.3. The van der Waals surface area contributed by atoms with Crippen LogP contribution in [-0.2, 0) is 29.4 Å². The molecule has 3 aromatic rings. The SMILES string of the molecule is CCc1cccc(CNC[C@H](O)[C@H](Cc2cc(F)cc(F)c2)NC(=O)c2cccc(S(=O)(=O)NC(C)(C)CO)c2)c1. The van der Waals surface area contributed by atoms with Crippen LogP contribution in [0.2, 0.25) is 0 Å². The number of halogens is 2. The van der Waals surface area contributed by atoms with Crippen LogP contribution in [0.5, 0.6) is 0 Å². The first kappa shape index (κ1) is 32.3. The van der Waals surface area contributed by atoms with Crippen molar-refractivity contribution < 1.29 is 32.2 Å². The molecule has 0 saturated heterocycles. The lowest BCUT2D eigenvalue weighted by atomic mass is 10.00. The number of carbonyl (C=O) groups is 1. The Hall–Kier alpha value is -3.22. The molecule has 0 bridgehead atoms. The van der Waals surface area contributed by atoms with Crippen molar-refractivity contribution in [3.05, 3.63) is 101 Å². The summed E-state index contributed by atoms with van der Waals surface area (Å²) >= 11 is 0. The molecule has 0 spiro atoms. The number of benzene rings is 3. The zero-order valence-electron chi connectivity index (χ0n) is 23.3. The molecule has 5 N–H and O–H groups in total. The van der Waals surface area contributed by atoms with Crippen molar-refractivity contribution in [2.75, 3.05) is 13.2 Å². The van der Waals surface area contributed by atoms with E-state index in [2.05, 4.69) is 22.3 Å². The summed E-state index contributed by atoms with van der Waals surface area (Å²) in [7, 11) is -4.07. The molecule has 0 radical (unpaired) electrons. The highest BCUT2D eigenvalue weighted by molar-refractivity contribution is 7.89. The Bertz CT molecular complexity index is 1430. The Kier molecular flexibility index (Phi) is 11.1. The van der Waals surface area contributed by atoms with Gasteiger partial charge in [0.2, 0.25) is 10.0 Å². The summed E-state index contributed by atoms with van der Waals surface area (Å²) in [5.41, 5.74) is 1.29. The number of nitrogens with one attached hydrogen (secondary N) is 3. The monoisotopic (exact) mass is 589 g/mol. The minimum atomic E-state index is -4.07. The summed E-state index contributed by atoms with van der Waals surface area (Å²) in [6.07, 6.45) is -0.357. The summed E-state index contributed by atoms with van der Waals surface area (Å²) in [6, 6.07) is 15.3. The molecule has 0 heterocycles. The summed E-state index contributed by atoms with van der Waals surface area (Å²) in [5.74, 6) is -2.26. The molecule has 0 aliphatic heterocycles. The van der Waals surface area contributed by atoms with E-state index < -0.39 is 51.9 Å². The van der Waals surface area contributed by atoms with E-state index in [1.165, 1.54) is 43.7 Å². The van der Waals surface area contributed by atoms with Crippen LogP contribution in [0.25, 0.3) is 0 Å². The number of hydrogen-bond donors (Lipinski definition) is 5. The Labute approximate surface area is 239 Å². The molecule has 3 rings (SSSR count). The molecular formula is C30H37F2N3O5S. The Morgan fingerprint density at radius 3 is 2.27 bits per heavy atom. The molecule has 0 aromatic heterocycles. The molecular weight excluding hydrogens is 552 g/mol. The highest BCUT2D eigenvalue weighted by Gasteiger charge is 2.27. The van der Waals surface area contributed by atoms with E-state index in [0.29, 0.717) is 6.54 Å². The molecule has 0 aliphatic rings. The zero-order valence-corrected chi connectivity index (χ0v) is 24.1. The van der Waals surface area contributed by atoms with Gasteiger partial charge in [-0.15, -0.1) is 0 Å². The molecule has 0 saturated carbocycles. The second-order valence-corrected chi connectivity index (χ2v) is 12.3. The predicted octanol–water partition coefficient (Wildman–Crippen LogP) is 3.07. The van der Waals surface area contributed by atoms with Gasteiger partial charge in [0, 0.05) is 24.7 Å². The van der Waals surface area contributed by atoms with Crippen molar-refractivity contribution in [3.63, 3.8) is 0 Å². The van der Waals surface area contributed by atoms with Crippen LogP contribution in [0.3, 0.4) is 0 Å². The van der Waals surface area contributed by atoms with E-state index in [1.807, 2.05) is 24.3 Å². The fourth-order valence-electron chi connectivity index (χ4n) is 4.24. The standard InChI is InChI=1S/C30H37F2N3O5S/c1-4-20-7-5-8-21(11-20)17-33-18-28(37)27(14-22-12-24(31)16-25(32)13-22)34-29(38)23-9-6-10-26(15-23)41(39,40)35-30(2,3)19-36/h5-13,15-16,27-28,33,35-37H,4,14,17-19H2,1-3H3,(H,34,38)/t27-,28-/m0/s1. The Morgan fingerprint density at radius 2 is 1.61 bits per heavy atom. The van der Waals surface area contributed by atoms with Crippen LogP contribution in [0.4, 0.5) is 8.78 Å². The second kappa shape index (κ2) is 14.1. The van der Waals surface area contributed by atoms with Gasteiger partial charge in [-0.05, 0) is 73.7 Å². The van der Waals surface area contributed by atoms with Gasteiger partial charge >= 0.3 is 0 Å². The average Bonchev–Trinajstić information content (AvgIpc) is 2.91. The van der Waals surface area contributed by atoms with Gasteiger partial charge in [-0.2, -0.15) is 0 Å². The van der Waals surface area contributed by atoms with Crippen LogP contribution in [0.1, 0.15) is 47.8 Å². The van der Waals surface area contributed by atoms with Crippen LogP contribution >= 0.6 is 0 Å². The molecule has 3 aromatic carbocycles. The quantitative estimate of drug-likeness (QED) is 0.197. The summed E-state index contributed by atoms with van der Waals surface area (Å²) < 4.78 is 55.8. The number of amides is 1. The third kappa shape index (κ3) is 9.68. The highest BCUT2D eigenvalue weighted by atomic mass is 32.2. The first-order valence-corrected chi connectivity index (χ1v) is 14.8. The van der Waals surface area contributed by atoms with Gasteiger partial charge in [0.1, 0.15) is 11.6 Å². The van der Waals surface area contributed by atoms with Crippen LogP contribution in [0, 0.1) is 11.6 Å². The van der Waals surface area contributed by atoms with E-state index >= 15 is 0 Å². The number of carbonyl (C=O) groups excluding carboxylic acids is 1. The van der Waals surface area contributed by atoms with Crippen molar-refractivity contribution in [2.24, 2.45) is 0 Å². The number of aliphatic hydroxyl groups excluding tert-OH is 2. The molecule has 1 amide bonds. The largest absolute Gasteiger partial charge is 0.394 e. The topological polar surface area (TPSA) is 128 Å². The molecule has 8 nitrogen and oxygen atoms in total. The third-order valence-electron chi connectivity index (χ3n) is 6.45. The lowest BCUT2D eigenvalue weighted by Crippen LogP contribution is -2.48. The minimum Gasteiger partial charge on any atom is -0.394 e. The number of sulfonamides is 1. The summed E-state index contributed by atoms with van der Waals surface area (Å²) in [5, 5.41) is 26.3. The first-order chi connectivity index (χ1) is 19.3. The van der Waals surface area contributed by atoms with Gasteiger partial charge < -0.3 is 20.8 Å². The lowest BCUT2D eigenvalue weighted by molar-refractivity contribution is 0.0829. The number of aliphatic hydroxyl groups is 2. The average molecular weight is 590 g/mol. The molecule has 0 aliphatic carbocycles. The maximum Gasteiger partial charge on any atom is 0.251 e. The smallest absolute Gasteiger partial charge is 0.251 e. The molecule has 0 fully saturated rings. The molecule has 222 valence electrons. The van der Waals surface area contributed by atoms with Crippen molar-refractivity contribution in [1.82, 2.24) is 15.4 Å². The van der Waals surface area contributed by atoms with Gasteiger partial charge in [-0.25, -0.2) is 21.9 Å². The number of hydrogen-bond acceptors (Lipinski definition) is 6. The Balaban J connectivity index is 1.79. The maximum absolute atomic E-state index is 13.9. The maximum atomic E-state index is 13.9. The van der Waals surface area contributed by atoms with E-state index in [1.54, 1.807) is 0 Å². The number of aryl methyl sites for hydroxylation is 1. The van der Waals surface area contributed by atoms with E-state index in [-0.39, 0.29) is 29.0 Å². The van der Waals surface area contributed by atoms with E-state index in [0.717, 1.165) is 30.2 Å². The predicted molar refractivity (Wildman–Crippen MR) is 153 cm³/mol. The van der Waals surface area contributed by atoms with Gasteiger partial charge in [-0.3, -0.25) is 4.79 Å². The minimum absolute atomic E-state index is 0.00152. The second-order valence-electron chi connectivity index (χ2n) is 10.6. The van der Waals surface area contributed by atoms with Gasteiger partial charge in [0.05, 0.1) is 29.2 Å². The van der Waals surface area contributed by atoms with Gasteiger partial charge in [-0.1, -0.05) is 37.3 Å². The number of rotatable bonds is 14.